The lowest BCUT2D eigenvalue weighted by Crippen LogP contribution is -2.40. The molecule has 1 saturated carbocycles. The lowest BCUT2D eigenvalue weighted by molar-refractivity contribution is 0.0926. The zero-order chi connectivity index (χ0) is 14.7. The van der Waals surface area contributed by atoms with Crippen LogP contribution in [0.1, 0.15) is 36.0 Å². The number of rotatable bonds is 3. The molecule has 3 nitrogen and oxygen atoms in total. The van der Waals surface area contributed by atoms with Gasteiger partial charge in [-0.25, -0.2) is 0 Å². The molecule has 6 heteroatoms. The van der Waals surface area contributed by atoms with Crippen molar-refractivity contribution < 1.29 is 4.79 Å². The number of benzene rings is 1. The molecule has 1 aromatic carbocycles. The summed E-state index contributed by atoms with van der Waals surface area (Å²) in [5.41, 5.74) is 6.35. The maximum Gasteiger partial charge on any atom is 0.253 e. The van der Waals surface area contributed by atoms with Crippen LogP contribution in [0, 0.1) is 0 Å². The Bertz CT molecular complexity index is 502. The van der Waals surface area contributed by atoms with Crippen molar-refractivity contribution in [2.24, 2.45) is 5.73 Å². The Balaban J connectivity index is 2.09. The van der Waals surface area contributed by atoms with Crippen molar-refractivity contribution in [3.63, 3.8) is 0 Å². The predicted octanol–water partition coefficient (Wildman–Crippen LogP) is 3.72. The Kier molecular flexibility index (Phi) is 5.61. The van der Waals surface area contributed by atoms with Crippen molar-refractivity contribution in [3.8, 4) is 0 Å². The van der Waals surface area contributed by atoms with Gasteiger partial charge in [0.15, 0.2) is 0 Å². The normalized spacial score (nSPS) is 22.6. The molecule has 0 aliphatic heterocycles. The van der Waals surface area contributed by atoms with Crippen LogP contribution >= 0.6 is 35.0 Å². The quantitative estimate of drug-likeness (QED) is 0.829. The number of carbonyl (C=O) groups excluding carboxylic acids is 1. The number of nitrogens with one attached hydrogen (secondary N) is 1. The molecule has 1 aliphatic carbocycles. The van der Waals surface area contributed by atoms with E-state index in [0.29, 0.717) is 15.6 Å². The van der Waals surface area contributed by atoms with Crippen LogP contribution in [0.4, 0.5) is 0 Å². The first-order chi connectivity index (χ1) is 9.51. The minimum absolute atomic E-state index is 0.137. The molecule has 0 unspecified atom stereocenters. The van der Waals surface area contributed by atoms with Crippen molar-refractivity contribution >= 4 is 40.9 Å². The standard InChI is InChI=1S/C14H18Cl2N2OS/c1-20-13-6-10(11(15)7-12(13)16)14(19)18-9-4-2-8(17)3-5-9/h6-9H,2-5,17H2,1H3,(H,18,19). The molecule has 1 fully saturated rings. The van der Waals surface area contributed by atoms with Gasteiger partial charge in [0.2, 0.25) is 0 Å². The zero-order valence-corrected chi connectivity index (χ0v) is 13.6. The molecule has 0 aromatic heterocycles. The van der Waals surface area contributed by atoms with Crippen LogP contribution in [0.25, 0.3) is 0 Å². The summed E-state index contributed by atoms with van der Waals surface area (Å²) in [6.45, 7) is 0. The Morgan fingerprint density at radius 2 is 1.90 bits per heavy atom. The van der Waals surface area contributed by atoms with Crippen LogP contribution in [0.3, 0.4) is 0 Å². The summed E-state index contributed by atoms with van der Waals surface area (Å²) in [6, 6.07) is 3.83. The van der Waals surface area contributed by atoms with Crippen molar-refractivity contribution in [2.45, 2.75) is 42.7 Å². The number of amides is 1. The molecule has 1 aromatic rings. The van der Waals surface area contributed by atoms with E-state index in [4.69, 9.17) is 28.9 Å². The Hall–Kier alpha value is -0.420. The number of hydrogen-bond acceptors (Lipinski definition) is 3. The van der Waals surface area contributed by atoms with Gasteiger partial charge in [-0.3, -0.25) is 4.79 Å². The van der Waals surface area contributed by atoms with Crippen molar-refractivity contribution in [2.75, 3.05) is 6.26 Å². The second kappa shape index (κ2) is 7.03. The third kappa shape index (κ3) is 3.82. The van der Waals surface area contributed by atoms with E-state index in [1.807, 2.05) is 6.26 Å². The summed E-state index contributed by atoms with van der Waals surface area (Å²) in [4.78, 5) is 13.2. The first kappa shape index (κ1) is 16.0. The first-order valence-electron chi connectivity index (χ1n) is 6.60. The number of nitrogens with two attached hydrogens (primary N) is 1. The van der Waals surface area contributed by atoms with Gasteiger partial charge >= 0.3 is 0 Å². The van der Waals surface area contributed by atoms with Crippen LogP contribution in [-0.4, -0.2) is 24.2 Å². The molecule has 0 radical (unpaired) electrons. The molecule has 3 N–H and O–H groups in total. The van der Waals surface area contributed by atoms with Crippen LogP contribution < -0.4 is 11.1 Å². The largest absolute Gasteiger partial charge is 0.349 e. The average Bonchev–Trinajstić information content (AvgIpc) is 2.41. The predicted molar refractivity (Wildman–Crippen MR) is 85.9 cm³/mol. The highest BCUT2D eigenvalue weighted by Crippen LogP contribution is 2.31. The van der Waals surface area contributed by atoms with E-state index in [-0.39, 0.29) is 18.0 Å². The Labute approximate surface area is 133 Å². The fourth-order valence-corrected chi connectivity index (χ4v) is 3.58. The summed E-state index contributed by atoms with van der Waals surface area (Å²) >= 11 is 13.7. The van der Waals surface area contributed by atoms with Gasteiger partial charge in [-0.05, 0) is 44.1 Å². The van der Waals surface area contributed by atoms with Gasteiger partial charge in [0, 0.05) is 17.0 Å². The van der Waals surface area contributed by atoms with E-state index in [0.717, 1.165) is 30.6 Å². The number of halogens is 2. The molecule has 0 atom stereocenters. The number of carbonyl (C=O) groups is 1. The SMILES string of the molecule is CSc1cc(C(=O)NC2CCC(N)CC2)c(Cl)cc1Cl. The van der Waals surface area contributed by atoms with Crippen LogP contribution in [0.15, 0.2) is 17.0 Å². The van der Waals surface area contributed by atoms with Crippen molar-refractivity contribution in [1.82, 2.24) is 5.32 Å². The second-order valence-electron chi connectivity index (χ2n) is 5.05. The molecule has 20 heavy (non-hydrogen) atoms. The monoisotopic (exact) mass is 332 g/mol. The van der Waals surface area contributed by atoms with Crippen LogP contribution in [-0.2, 0) is 0 Å². The van der Waals surface area contributed by atoms with E-state index >= 15 is 0 Å². The Morgan fingerprint density at radius 3 is 2.50 bits per heavy atom. The number of thioether (sulfide) groups is 1. The molecule has 0 heterocycles. The maximum atomic E-state index is 12.3. The van der Waals surface area contributed by atoms with Gasteiger partial charge in [-0.1, -0.05) is 23.2 Å². The third-order valence-corrected chi connectivity index (χ3v) is 5.11. The van der Waals surface area contributed by atoms with Crippen LogP contribution in [0.2, 0.25) is 10.0 Å². The molecular weight excluding hydrogens is 315 g/mol. The summed E-state index contributed by atoms with van der Waals surface area (Å²) in [5.74, 6) is -0.137. The smallest absolute Gasteiger partial charge is 0.253 e. The minimum atomic E-state index is -0.137. The molecule has 0 saturated heterocycles. The zero-order valence-electron chi connectivity index (χ0n) is 11.3. The topological polar surface area (TPSA) is 55.1 Å². The van der Waals surface area contributed by atoms with E-state index in [2.05, 4.69) is 5.32 Å². The molecular formula is C14H18Cl2N2OS. The van der Waals surface area contributed by atoms with E-state index in [9.17, 15) is 4.79 Å². The maximum absolute atomic E-state index is 12.3. The average molecular weight is 333 g/mol. The van der Waals surface area contributed by atoms with E-state index in [1.54, 1.807) is 12.1 Å². The number of hydrogen-bond donors (Lipinski definition) is 2. The van der Waals surface area contributed by atoms with Crippen molar-refractivity contribution in [1.29, 1.82) is 0 Å². The minimum Gasteiger partial charge on any atom is -0.349 e. The lowest BCUT2D eigenvalue weighted by atomic mass is 9.91. The fraction of sp³-hybridized carbons (Fsp3) is 0.500. The van der Waals surface area contributed by atoms with Gasteiger partial charge in [-0.2, -0.15) is 0 Å². The highest BCUT2D eigenvalue weighted by Gasteiger charge is 2.22. The van der Waals surface area contributed by atoms with E-state index in [1.165, 1.54) is 11.8 Å². The van der Waals surface area contributed by atoms with Gasteiger partial charge in [0.1, 0.15) is 0 Å². The van der Waals surface area contributed by atoms with Gasteiger partial charge < -0.3 is 11.1 Å². The second-order valence-corrected chi connectivity index (χ2v) is 6.71. The highest BCUT2D eigenvalue weighted by molar-refractivity contribution is 7.98. The highest BCUT2D eigenvalue weighted by atomic mass is 35.5. The van der Waals surface area contributed by atoms with Crippen molar-refractivity contribution in [3.05, 3.63) is 27.7 Å². The molecule has 0 bridgehead atoms. The van der Waals surface area contributed by atoms with Gasteiger partial charge in [0.05, 0.1) is 15.6 Å². The lowest BCUT2D eigenvalue weighted by Gasteiger charge is -2.27. The van der Waals surface area contributed by atoms with Gasteiger partial charge in [-0.15, -0.1) is 11.8 Å². The summed E-state index contributed by atoms with van der Waals surface area (Å²) < 4.78 is 0. The molecule has 1 aliphatic rings. The molecule has 110 valence electrons. The summed E-state index contributed by atoms with van der Waals surface area (Å²) in [5, 5.41) is 3.99. The van der Waals surface area contributed by atoms with Crippen LogP contribution in [0.5, 0.6) is 0 Å². The Morgan fingerprint density at radius 1 is 1.25 bits per heavy atom. The molecule has 1 amide bonds. The third-order valence-electron chi connectivity index (χ3n) is 3.59. The fourth-order valence-electron chi connectivity index (χ4n) is 2.39. The van der Waals surface area contributed by atoms with E-state index < -0.39 is 0 Å². The summed E-state index contributed by atoms with van der Waals surface area (Å²) in [6.07, 6.45) is 5.67. The first-order valence-corrected chi connectivity index (χ1v) is 8.58. The molecule has 0 spiro atoms. The van der Waals surface area contributed by atoms with Gasteiger partial charge in [0.25, 0.3) is 5.91 Å². The molecule has 2 rings (SSSR count). The summed E-state index contributed by atoms with van der Waals surface area (Å²) in [7, 11) is 0.